The zero-order valence-corrected chi connectivity index (χ0v) is 37.1. The van der Waals surface area contributed by atoms with Crippen LogP contribution in [-0.2, 0) is 57.1 Å². The summed E-state index contributed by atoms with van der Waals surface area (Å²) in [7, 11) is 0. The molecule has 23 heteroatoms. The predicted octanol–water partition coefficient (Wildman–Crippen LogP) is 3.85. The number of amides is 2. The molecule has 0 radical (unpaired) electrons. The quantitative estimate of drug-likeness (QED) is 0.0282. The lowest BCUT2D eigenvalue weighted by Gasteiger charge is -2.49. The second kappa shape index (κ2) is 22.0. The number of nitrogens with zero attached hydrogens (tertiary/aromatic N) is 7. The van der Waals surface area contributed by atoms with Gasteiger partial charge in [0.2, 0.25) is 0 Å². The van der Waals surface area contributed by atoms with Gasteiger partial charge in [-0.05, 0) is 60.5 Å². The Morgan fingerprint density at radius 3 is 1.91 bits per heavy atom. The van der Waals surface area contributed by atoms with Gasteiger partial charge in [-0.2, -0.15) is 0 Å². The summed E-state index contributed by atoms with van der Waals surface area (Å²) in [5.41, 5.74) is 9.73. The maximum Gasteiger partial charge on any atom is 0.303 e. The van der Waals surface area contributed by atoms with Gasteiger partial charge >= 0.3 is 23.9 Å². The van der Waals surface area contributed by atoms with Crippen LogP contribution in [0.3, 0.4) is 0 Å². The Morgan fingerprint density at radius 2 is 1.31 bits per heavy atom. The molecule has 1 N–H and O–H groups in total. The lowest BCUT2D eigenvalue weighted by atomic mass is 9.93. The molecule has 7 rings (SSSR count). The fourth-order valence-electron chi connectivity index (χ4n) is 8.00. The molecule has 358 valence electrons. The number of rotatable bonds is 18. The number of hydrogen-bond donors (Lipinski definition) is 1. The van der Waals surface area contributed by atoms with Gasteiger partial charge in [-0.1, -0.05) is 40.7 Å². The van der Waals surface area contributed by atoms with Crippen LogP contribution in [0, 0.1) is 0 Å². The number of aliphatic hydroxyl groups excluding tert-OH is 1. The van der Waals surface area contributed by atoms with Gasteiger partial charge in [0.25, 0.3) is 11.8 Å². The van der Waals surface area contributed by atoms with Gasteiger partial charge in [-0.25, -0.2) is 4.68 Å². The van der Waals surface area contributed by atoms with Crippen molar-refractivity contribution in [2.24, 2.45) is 5.11 Å². The summed E-state index contributed by atoms with van der Waals surface area (Å²) in [5, 5.41) is 24.7. The van der Waals surface area contributed by atoms with E-state index in [0.29, 0.717) is 22.8 Å². The number of aromatic nitrogens is 3. The van der Waals surface area contributed by atoms with Crippen LogP contribution in [0.15, 0.2) is 90.2 Å². The molecule has 3 aliphatic rings. The molecule has 68 heavy (non-hydrogen) atoms. The highest BCUT2D eigenvalue weighted by molar-refractivity contribution is 6.21. The third-order valence-corrected chi connectivity index (χ3v) is 10.9. The fraction of sp³-hybridized carbons (Fsp3) is 0.422. The Morgan fingerprint density at radius 1 is 0.735 bits per heavy atom. The Kier molecular flexibility index (Phi) is 15.8. The zero-order valence-electron chi connectivity index (χ0n) is 37.1. The SMILES string of the molecule is CC(=O)OC[C@H]1O[C@@H](O[C@H]2[C@H](O)[C@@H](N3C(=O)c4ccccc4C3=O)[C@H](OCCCN=[N+]=[N-])O[C@@H]2COC(C)=O)[C@H](OC(C)=O)[C@@H](n2cc(-c3ccc(Oc4ccccc4)cc3)nn2)[C@H]1OC(C)=O. The Balaban J connectivity index is 1.27. The third kappa shape index (κ3) is 11.3. The van der Waals surface area contributed by atoms with Crippen molar-refractivity contribution in [3.8, 4) is 22.8 Å². The largest absolute Gasteiger partial charge is 0.463 e. The predicted molar refractivity (Wildman–Crippen MR) is 229 cm³/mol. The molecule has 2 amide bonds. The van der Waals surface area contributed by atoms with E-state index in [4.69, 9.17) is 48.2 Å². The summed E-state index contributed by atoms with van der Waals surface area (Å²) < 4.78 is 54.8. The van der Waals surface area contributed by atoms with Crippen LogP contribution >= 0.6 is 0 Å². The summed E-state index contributed by atoms with van der Waals surface area (Å²) >= 11 is 0. The smallest absolute Gasteiger partial charge is 0.303 e. The number of para-hydroxylation sites is 1. The first kappa shape index (κ1) is 48.7. The molecule has 3 aliphatic heterocycles. The van der Waals surface area contributed by atoms with E-state index in [1.165, 1.54) is 23.0 Å². The molecule has 23 nitrogen and oxygen atoms in total. The summed E-state index contributed by atoms with van der Waals surface area (Å²) in [4.78, 5) is 81.8. The molecule has 10 atom stereocenters. The highest BCUT2D eigenvalue weighted by Crippen LogP contribution is 2.40. The number of benzene rings is 3. The first-order valence-electron chi connectivity index (χ1n) is 21.3. The minimum Gasteiger partial charge on any atom is -0.463 e. The average molecular weight is 942 g/mol. The van der Waals surface area contributed by atoms with Gasteiger partial charge in [-0.15, -0.1) is 5.10 Å². The van der Waals surface area contributed by atoms with E-state index in [0.717, 1.165) is 32.6 Å². The number of imide groups is 1. The van der Waals surface area contributed by atoms with Crippen LogP contribution in [0.25, 0.3) is 21.7 Å². The van der Waals surface area contributed by atoms with E-state index in [2.05, 4.69) is 20.3 Å². The van der Waals surface area contributed by atoms with Crippen molar-refractivity contribution in [2.75, 3.05) is 26.4 Å². The maximum atomic E-state index is 14.0. The van der Waals surface area contributed by atoms with E-state index in [9.17, 15) is 33.9 Å². The van der Waals surface area contributed by atoms with Crippen LogP contribution in [0.4, 0.5) is 0 Å². The van der Waals surface area contributed by atoms with Crippen LogP contribution in [-0.4, -0.2) is 142 Å². The monoisotopic (exact) mass is 941 g/mol. The molecule has 0 unspecified atom stereocenters. The van der Waals surface area contributed by atoms with Crippen LogP contribution in [0.1, 0.15) is 60.9 Å². The molecule has 4 heterocycles. The van der Waals surface area contributed by atoms with Crippen molar-refractivity contribution in [1.29, 1.82) is 0 Å². The molecule has 1 aromatic heterocycles. The molecule has 0 aliphatic carbocycles. The highest BCUT2D eigenvalue weighted by atomic mass is 16.8. The number of aliphatic hydroxyl groups is 1. The van der Waals surface area contributed by atoms with Crippen LogP contribution in [0.5, 0.6) is 11.5 Å². The van der Waals surface area contributed by atoms with Gasteiger partial charge in [0.05, 0.1) is 17.3 Å². The average Bonchev–Trinajstić information content (AvgIpc) is 3.89. The summed E-state index contributed by atoms with van der Waals surface area (Å²) in [5.74, 6) is -3.61. The fourth-order valence-corrected chi connectivity index (χ4v) is 8.00. The van der Waals surface area contributed by atoms with Gasteiger partial charge < -0.3 is 47.7 Å². The van der Waals surface area contributed by atoms with Crippen LogP contribution < -0.4 is 4.74 Å². The van der Waals surface area contributed by atoms with E-state index in [1.54, 1.807) is 48.5 Å². The second-order valence-corrected chi connectivity index (χ2v) is 15.6. The summed E-state index contributed by atoms with van der Waals surface area (Å²) in [6.45, 7) is 3.20. The van der Waals surface area contributed by atoms with E-state index in [1.807, 2.05) is 18.2 Å². The van der Waals surface area contributed by atoms with E-state index < -0.39 is 110 Å². The lowest BCUT2D eigenvalue weighted by Crippen LogP contribution is -2.68. The number of carbonyl (C=O) groups is 6. The molecule has 0 saturated carbocycles. The van der Waals surface area contributed by atoms with Gasteiger partial charge in [-0.3, -0.25) is 33.7 Å². The minimum absolute atomic E-state index is 0.00982. The standard InChI is InChI=1S/C45H47N7O16/c1-24(53)61-22-34-39(63-26(3)55)37(51-21-33(48-50-51)28-15-17-30(18-16-28)65-29-11-6-5-7-12-29)41(64-27(4)56)45(67-34)68-40-35(23-62-25(2)54)66-44(60-20-10-19-47-49-46)36(38(40)57)52-42(58)31-13-8-9-14-32(31)43(52)59/h5-9,11-18,21,34-41,44-45,57H,10,19-20,22-23H2,1-4H3/t34-,35-,36-,37+,38-,39+,40-,41-,44-,45+/m1/s1. The number of azide groups is 1. The molecular weight excluding hydrogens is 895 g/mol. The first-order chi connectivity index (χ1) is 32.7. The Bertz CT molecular complexity index is 2480. The Labute approximate surface area is 387 Å². The van der Waals surface area contributed by atoms with Gasteiger partial charge in [0.15, 0.2) is 24.8 Å². The normalized spacial score (nSPS) is 25.4. The summed E-state index contributed by atoms with van der Waals surface area (Å²) in [6.07, 6.45) is -11.3. The Hall–Kier alpha value is -7.27. The number of ether oxygens (including phenoxy) is 9. The molecular formula is C45H47N7O16. The third-order valence-electron chi connectivity index (χ3n) is 10.9. The number of fused-ring (bicyclic) bond motifs is 1. The molecule has 0 bridgehead atoms. The molecule has 2 saturated heterocycles. The minimum atomic E-state index is -1.93. The summed E-state index contributed by atoms with van der Waals surface area (Å²) in [6, 6.07) is 19.0. The lowest BCUT2D eigenvalue weighted by molar-refractivity contribution is -0.346. The van der Waals surface area contributed by atoms with Crippen LogP contribution in [0.2, 0.25) is 0 Å². The van der Waals surface area contributed by atoms with Crippen molar-refractivity contribution in [3.05, 3.63) is 107 Å². The molecule has 3 aromatic carbocycles. The highest BCUT2D eigenvalue weighted by Gasteiger charge is 2.58. The van der Waals surface area contributed by atoms with E-state index >= 15 is 0 Å². The number of hydrogen-bond acceptors (Lipinski definition) is 19. The van der Waals surface area contributed by atoms with E-state index in [-0.39, 0.29) is 30.7 Å². The second-order valence-electron chi connectivity index (χ2n) is 15.6. The van der Waals surface area contributed by atoms with Crippen molar-refractivity contribution < 1.29 is 76.5 Å². The molecule has 2 fully saturated rings. The van der Waals surface area contributed by atoms with Crippen molar-refractivity contribution in [1.82, 2.24) is 19.9 Å². The molecule has 0 spiro atoms. The van der Waals surface area contributed by atoms with Crippen molar-refractivity contribution >= 4 is 35.7 Å². The zero-order chi connectivity index (χ0) is 48.5. The number of carbonyl (C=O) groups excluding carboxylic acids is 6. The first-order valence-corrected chi connectivity index (χ1v) is 21.3. The van der Waals surface area contributed by atoms with Gasteiger partial charge in [0.1, 0.15) is 66.9 Å². The van der Waals surface area contributed by atoms with Gasteiger partial charge in [0, 0.05) is 51.3 Å². The van der Waals surface area contributed by atoms with Crippen molar-refractivity contribution in [3.63, 3.8) is 0 Å². The van der Waals surface area contributed by atoms with Crippen molar-refractivity contribution in [2.45, 2.75) is 95.4 Å². The maximum absolute atomic E-state index is 14.0. The topological polar surface area (TPSA) is 288 Å². The molecule has 4 aromatic rings. The number of esters is 4.